The minimum Gasteiger partial charge on any atom is -0.494 e. The zero-order chi connectivity index (χ0) is 19.7. The van der Waals surface area contributed by atoms with Crippen molar-refractivity contribution in [3.05, 3.63) is 76.9 Å². The number of nitrogens with two attached hydrogens (primary N) is 1. The largest absolute Gasteiger partial charge is 0.494 e. The topological polar surface area (TPSA) is 97.0 Å². The number of nitrogens with one attached hydrogen (secondary N) is 1. The van der Waals surface area contributed by atoms with E-state index >= 15 is 0 Å². The monoisotopic (exact) mass is 376 g/mol. The number of hydrogen-bond acceptors (Lipinski definition) is 5. The van der Waals surface area contributed by atoms with Crippen LogP contribution in [-0.2, 0) is 0 Å². The Kier molecular flexibility index (Phi) is 4.45. The van der Waals surface area contributed by atoms with Gasteiger partial charge < -0.3 is 15.2 Å². The molecular formula is C21H17FN4O2. The van der Waals surface area contributed by atoms with Gasteiger partial charge in [0.15, 0.2) is 0 Å². The van der Waals surface area contributed by atoms with Crippen LogP contribution in [-0.4, -0.2) is 16.8 Å². The molecule has 0 fully saturated rings. The third kappa shape index (κ3) is 2.95. The van der Waals surface area contributed by atoms with Crippen LogP contribution in [0.1, 0.15) is 24.0 Å². The number of hydrogen-bond donors (Lipinski definition) is 2. The van der Waals surface area contributed by atoms with Crippen molar-refractivity contribution in [1.82, 2.24) is 10.2 Å². The van der Waals surface area contributed by atoms with Crippen molar-refractivity contribution in [2.24, 2.45) is 5.73 Å². The van der Waals surface area contributed by atoms with E-state index in [0.29, 0.717) is 23.4 Å². The van der Waals surface area contributed by atoms with E-state index in [4.69, 9.17) is 15.2 Å². The highest BCUT2D eigenvalue weighted by molar-refractivity contribution is 5.71. The third-order valence-corrected chi connectivity index (χ3v) is 4.57. The number of aromatic nitrogens is 2. The van der Waals surface area contributed by atoms with Gasteiger partial charge in [0.05, 0.1) is 23.8 Å². The second-order valence-corrected chi connectivity index (χ2v) is 6.25. The van der Waals surface area contributed by atoms with E-state index < -0.39 is 11.7 Å². The molecule has 0 aliphatic carbocycles. The maximum atomic E-state index is 13.9. The zero-order valence-corrected chi connectivity index (χ0v) is 15.1. The number of nitrogens with zero attached hydrogens (tertiary/aromatic N) is 2. The molecule has 4 rings (SSSR count). The van der Waals surface area contributed by atoms with E-state index in [1.165, 1.54) is 12.1 Å². The maximum Gasteiger partial charge on any atom is 0.244 e. The molecule has 0 bridgehead atoms. The van der Waals surface area contributed by atoms with Crippen LogP contribution in [0.5, 0.6) is 11.6 Å². The fourth-order valence-corrected chi connectivity index (χ4v) is 3.37. The van der Waals surface area contributed by atoms with Gasteiger partial charge in [-0.1, -0.05) is 12.1 Å². The van der Waals surface area contributed by atoms with E-state index in [1.54, 1.807) is 12.1 Å². The van der Waals surface area contributed by atoms with Gasteiger partial charge in [-0.25, -0.2) is 4.39 Å². The fourth-order valence-electron chi connectivity index (χ4n) is 3.37. The highest BCUT2D eigenvalue weighted by Crippen LogP contribution is 2.45. The molecular weight excluding hydrogens is 359 g/mol. The molecule has 3 N–H and O–H groups in total. The summed E-state index contributed by atoms with van der Waals surface area (Å²) in [6.07, 6.45) is 0. The van der Waals surface area contributed by atoms with Gasteiger partial charge in [0.2, 0.25) is 11.8 Å². The van der Waals surface area contributed by atoms with E-state index in [-0.39, 0.29) is 17.3 Å². The number of H-pyrrole nitrogens is 1. The summed E-state index contributed by atoms with van der Waals surface area (Å²) in [5, 5.41) is 16.8. The lowest BCUT2D eigenvalue weighted by Gasteiger charge is -2.24. The minimum absolute atomic E-state index is 0.0333. The Balaban J connectivity index is 1.87. The van der Waals surface area contributed by atoms with Gasteiger partial charge in [0.25, 0.3) is 0 Å². The number of nitriles is 1. The molecule has 1 aliphatic rings. The first-order valence-corrected chi connectivity index (χ1v) is 8.77. The molecule has 0 unspecified atom stereocenters. The molecule has 6 nitrogen and oxygen atoms in total. The average Bonchev–Trinajstić information content (AvgIpc) is 3.11. The molecule has 2 aromatic carbocycles. The Labute approximate surface area is 161 Å². The average molecular weight is 376 g/mol. The van der Waals surface area contributed by atoms with Crippen molar-refractivity contribution in [2.45, 2.75) is 12.8 Å². The Morgan fingerprint density at radius 3 is 2.75 bits per heavy atom. The minimum atomic E-state index is -0.593. The Bertz CT molecular complexity index is 1100. The van der Waals surface area contributed by atoms with E-state index in [9.17, 15) is 9.65 Å². The van der Waals surface area contributed by atoms with E-state index in [1.807, 2.05) is 31.2 Å². The molecule has 0 saturated carbocycles. The molecule has 3 aromatic rings. The Hall–Kier alpha value is -3.79. The molecule has 0 saturated heterocycles. The number of fused-ring (bicyclic) bond motifs is 1. The number of ether oxygens (including phenoxy) is 2. The second-order valence-electron chi connectivity index (χ2n) is 6.25. The van der Waals surface area contributed by atoms with Crippen molar-refractivity contribution >= 4 is 0 Å². The molecule has 140 valence electrons. The van der Waals surface area contributed by atoms with Gasteiger partial charge in [-0.2, -0.15) is 5.26 Å². The van der Waals surface area contributed by atoms with Crippen LogP contribution in [0, 0.1) is 17.1 Å². The van der Waals surface area contributed by atoms with Crippen LogP contribution < -0.4 is 15.2 Å². The van der Waals surface area contributed by atoms with Gasteiger partial charge in [0.1, 0.15) is 23.2 Å². The summed E-state index contributed by atoms with van der Waals surface area (Å²) in [5.41, 5.74) is 8.90. The molecule has 0 spiro atoms. The third-order valence-electron chi connectivity index (χ3n) is 4.57. The lowest BCUT2D eigenvalue weighted by Crippen LogP contribution is -2.21. The van der Waals surface area contributed by atoms with Gasteiger partial charge in [-0.15, -0.1) is 5.10 Å². The highest BCUT2D eigenvalue weighted by atomic mass is 19.1. The smallest absolute Gasteiger partial charge is 0.244 e. The molecule has 28 heavy (non-hydrogen) atoms. The number of halogens is 1. The fraction of sp³-hybridized carbons (Fsp3) is 0.143. The predicted molar refractivity (Wildman–Crippen MR) is 101 cm³/mol. The lowest BCUT2D eigenvalue weighted by molar-refractivity contribution is 0.340. The Morgan fingerprint density at radius 1 is 1.29 bits per heavy atom. The Morgan fingerprint density at radius 2 is 2.07 bits per heavy atom. The summed E-state index contributed by atoms with van der Waals surface area (Å²) in [6, 6.07) is 15.7. The molecule has 7 heteroatoms. The summed E-state index contributed by atoms with van der Waals surface area (Å²) in [7, 11) is 0. The van der Waals surface area contributed by atoms with Gasteiger partial charge in [-0.3, -0.25) is 5.10 Å². The number of aromatic amines is 1. The maximum absolute atomic E-state index is 13.9. The molecule has 1 aromatic heterocycles. The normalized spacial score (nSPS) is 15.5. The predicted octanol–water partition coefficient (Wildman–Crippen LogP) is 3.83. The highest BCUT2D eigenvalue weighted by Gasteiger charge is 2.35. The van der Waals surface area contributed by atoms with Crippen LogP contribution in [0.15, 0.2) is 60.0 Å². The van der Waals surface area contributed by atoms with Gasteiger partial charge >= 0.3 is 0 Å². The van der Waals surface area contributed by atoms with Crippen molar-refractivity contribution in [1.29, 1.82) is 5.26 Å². The molecule has 1 atom stereocenters. The second kappa shape index (κ2) is 7.08. The number of benzene rings is 2. The van der Waals surface area contributed by atoms with Crippen LogP contribution in [0.2, 0.25) is 0 Å². The summed E-state index contributed by atoms with van der Waals surface area (Å²) in [5.74, 6) is 0.000326. The SMILES string of the molecule is CCOc1ccc(-c2[nH]nc3c2[C@@H](c2cccc(F)c2)C(C#N)=C(N)O3)cc1. The molecule has 0 amide bonds. The van der Waals surface area contributed by atoms with Crippen molar-refractivity contribution in [3.63, 3.8) is 0 Å². The number of rotatable bonds is 4. The summed E-state index contributed by atoms with van der Waals surface area (Å²) in [6.45, 7) is 2.49. The quantitative estimate of drug-likeness (QED) is 0.721. The molecule has 2 heterocycles. The van der Waals surface area contributed by atoms with Crippen molar-refractivity contribution < 1.29 is 13.9 Å². The summed E-state index contributed by atoms with van der Waals surface area (Å²) >= 11 is 0. The summed E-state index contributed by atoms with van der Waals surface area (Å²) < 4.78 is 24.9. The van der Waals surface area contributed by atoms with Crippen molar-refractivity contribution in [2.75, 3.05) is 6.61 Å². The van der Waals surface area contributed by atoms with E-state index in [2.05, 4.69) is 16.3 Å². The first kappa shape index (κ1) is 17.6. The van der Waals surface area contributed by atoms with Crippen LogP contribution in [0.25, 0.3) is 11.3 Å². The van der Waals surface area contributed by atoms with E-state index in [0.717, 1.165) is 11.3 Å². The van der Waals surface area contributed by atoms with Crippen LogP contribution >= 0.6 is 0 Å². The lowest BCUT2D eigenvalue weighted by atomic mass is 9.83. The standard InChI is InChI=1S/C21H17FN4O2/c1-2-27-15-8-6-12(7-9-15)19-18-17(13-4-3-5-14(22)10-13)16(11-23)20(24)28-21(18)26-25-19/h3-10,17H,2,24H2,1H3,(H,25,26)/t17-/m0/s1. The van der Waals surface area contributed by atoms with Crippen LogP contribution in [0.4, 0.5) is 4.39 Å². The first-order chi connectivity index (χ1) is 13.6. The summed E-state index contributed by atoms with van der Waals surface area (Å²) in [4.78, 5) is 0. The molecule has 0 radical (unpaired) electrons. The van der Waals surface area contributed by atoms with Crippen molar-refractivity contribution in [3.8, 4) is 29.0 Å². The zero-order valence-electron chi connectivity index (χ0n) is 15.1. The van der Waals surface area contributed by atoms with Gasteiger partial charge in [-0.05, 0) is 48.9 Å². The van der Waals surface area contributed by atoms with Crippen LogP contribution in [0.3, 0.4) is 0 Å². The number of allylic oxidation sites excluding steroid dienone is 1. The van der Waals surface area contributed by atoms with Gasteiger partial charge in [0, 0.05) is 5.56 Å². The first-order valence-electron chi connectivity index (χ1n) is 8.77. The molecule has 1 aliphatic heterocycles.